The summed E-state index contributed by atoms with van der Waals surface area (Å²) in [4.78, 5) is 42.5. The molecule has 0 bridgehead atoms. The van der Waals surface area contributed by atoms with Gasteiger partial charge in [-0.25, -0.2) is 0 Å². The first-order valence-corrected chi connectivity index (χ1v) is 9.56. The van der Waals surface area contributed by atoms with Crippen LogP contribution in [0.3, 0.4) is 0 Å². The first kappa shape index (κ1) is 19.0. The predicted molar refractivity (Wildman–Crippen MR) is 105 cm³/mol. The molecular weight excluding hydrogens is 372 g/mol. The van der Waals surface area contributed by atoms with Crippen LogP contribution in [0, 0.1) is 12.8 Å². The molecule has 1 aromatic carbocycles. The van der Waals surface area contributed by atoms with E-state index in [2.05, 4.69) is 4.98 Å². The van der Waals surface area contributed by atoms with Crippen LogP contribution >= 0.6 is 0 Å². The number of nitrogens with one attached hydrogen (secondary N) is 1. The van der Waals surface area contributed by atoms with E-state index in [1.54, 1.807) is 30.2 Å². The molecule has 0 spiro atoms. The van der Waals surface area contributed by atoms with Crippen LogP contribution in [0.15, 0.2) is 47.1 Å². The summed E-state index contributed by atoms with van der Waals surface area (Å²) in [7, 11) is 0. The minimum absolute atomic E-state index is 0.0760. The number of aromatic amines is 1. The second-order valence-electron chi connectivity index (χ2n) is 7.37. The second kappa shape index (κ2) is 7.58. The maximum Gasteiger partial charge on any atom is 0.311 e. The van der Waals surface area contributed by atoms with Gasteiger partial charge < -0.3 is 19.0 Å². The van der Waals surface area contributed by atoms with Gasteiger partial charge >= 0.3 is 5.97 Å². The number of ketones is 1. The number of Topliss-reactive ketones (excluding diaryl/α,β-unsaturated/α-hetero) is 1. The minimum atomic E-state index is -0.936. The number of likely N-dealkylation sites (tertiary alicyclic amines) is 1. The molecule has 2 atom stereocenters. The van der Waals surface area contributed by atoms with Crippen LogP contribution in [-0.4, -0.2) is 40.2 Å². The molecule has 7 heteroatoms. The molecule has 1 amide bonds. The maximum absolute atomic E-state index is 12.9. The largest absolute Gasteiger partial charge is 0.467 e. The molecule has 150 valence electrons. The third-order valence-corrected chi connectivity index (χ3v) is 5.28. The number of carbonyl (C=O) groups is 3. The minimum Gasteiger partial charge on any atom is -0.467 e. The number of hydrogen-bond acceptors (Lipinski definition) is 5. The molecular formula is C22H22N2O5. The van der Waals surface area contributed by atoms with Gasteiger partial charge in [-0.15, -0.1) is 0 Å². The number of para-hydroxylation sites is 1. The lowest BCUT2D eigenvalue weighted by Gasteiger charge is -2.17. The van der Waals surface area contributed by atoms with Crippen molar-refractivity contribution in [3.8, 4) is 0 Å². The van der Waals surface area contributed by atoms with Gasteiger partial charge in [0.2, 0.25) is 11.7 Å². The SMILES string of the molecule is Cc1[nH]c2ccccc2c1C(=O)[C@H](C)OC(=O)[C@@H]1CC(=O)N(Cc2ccco2)C1. The molecule has 1 aliphatic heterocycles. The number of benzene rings is 1. The van der Waals surface area contributed by atoms with Crippen molar-refractivity contribution in [2.24, 2.45) is 5.92 Å². The summed E-state index contributed by atoms with van der Waals surface area (Å²) in [5, 5.41) is 0.804. The van der Waals surface area contributed by atoms with Gasteiger partial charge in [-0.05, 0) is 32.0 Å². The highest BCUT2D eigenvalue weighted by atomic mass is 16.5. The monoisotopic (exact) mass is 394 g/mol. The number of rotatable bonds is 6. The van der Waals surface area contributed by atoms with E-state index in [1.807, 2.05) is 31.2 Å². The van der Waals surface area contributed by atoms with Gasteiger partial charge in [-0.3, -0.25) is 14.4 Å². The van der Waals surface area contributed by atoms with Crippen molar-refractivity contribution < 1.29 is 23.5 Å². The fourth-order valence-corrected chi connectivity index (χ4v) is 3.79. The molecule has 0 radical (unpaired) electrons. The molecule has 0 aliphatic carbocycles. The number of amides is 1. The topological polar surface area (TPSA) is 92.6 Å². The average molecular weight is 394 g/mol. The molecule has 29 heavy (non-hydrogen) atoms. The van der Waals surface area contributed by atoms with Crippen LogP contribution in [-0.2, 0) is 20.9 Å². The lowest BCUT2D eigenvalue weighted by molar-refractivity contribution is -0.151. The Bertz CT molecular complexity index is 1070. The predicted octanol–water partition coefficient (Wildman–Crippen LogP) is 3.23. The fraction of sp³-hybridized carbons (Fsp3) is 0.318. The third kappa shape index (κ3) is 3.68. The highest BCUT2D eigenvalue weighted by Crippen LogP contribution is 2.26. The molecule has 1 aliphatic rings. The highest BCUT2D eigenvalue weighted by Gasteiger charge is 2.37. The number of H-pyrrole nitrogens is 1. The molecule has 3 aromatic rings. The Kier molecular flexibility index (Phi) is 4.96. The Hall–Kier alpha value is -3.35. The van der Waals surface area contributed by atoms with E-state index in [1.165, 1.54) is 0 Å². The number of hydrogen-bond donors (Lipinski definition) is 1. The lowest BCUT2D eigenvalue weighted by atomic mass is 10.0. The average Bonchev–Trinajstić information content (AvgIpc) is 3.40. The molecule has 7 nitrogen and oxygen atoms in total. The third-order valence-electron chi connectivity index (χ3n) is 5.28. The molecule has 1 N–H and O–H groups in total. The zero-order valence-corrected chi connectivity index (χ0v) is 16.3. The van der Waals surface area contributed by atoms with Crippen molar-refractivity contribution in [1.29, 1.82) is 0 Å². The fourth-order valence-electron chi connectivity index (χ4n) is 3.79. The molecule has 1 saturated heterocycles. The van der Waals surface area contributed by atoms with Crippen molar-refractivity contribution in [2.75, 3.05) is 6.54 Å². The quantitative estimate of drug-likeness (QED) is 0.512. The van der Waals surface area contributed by atoms with E-state index in [9.17, 15) is 14.4 Å². The molecule has 1 fully saturated rings. The first-order valence-electron chi connectivity index (χ1n) is 9.56. The van der Waals surface area contributed by atoms with Gasteiger partial charge in [0.1, 0.15) is 5.76 Å². The summed E-state index contributed by atoms with van der Waals surface area (Å²) < 4.78 is 10.7. The van der Waals surface area contributed by atoms with Gasteiger partial charge in [0.15, 0.2) is 6.10 Å². The van der Waals surface area contributed by atoms with Crippen LogP contribution < -0.4 is 0 Å². The summed E-state index contributed by atoms with van der Waals surface area (Å²) in [6, 6.07) is 11.0. The van der Waals surface area contributed by atoms with Crippen LogP contribution in [0.2, 0.25) is 0 Å². The van der Waals surface area contributed by atoms with Gasteiger partial charge in [-0.1, -0.05) is 18.2 Å². The summed E-state index contributed by atoms with van der Waals surface area (Å²) in [5.41, 5.74) is 2.13. The Balaban J connectivity index is 1.42. The van der Waals surface area contributed by atoms with Crippen LogP contribution in [0.25, 0.3) is 10.9 Å². The first-order chi connectivity index (χ1) is 13.9. The smallest absolute Gasteiger partial charge is 0.311 e. The number of ether oxygens (including phenoxy) is 1. The van der Waals surface area contributed by atoms with E-state index in [0.29, 0.717) is 17.9 Å². The number of furan rings is 1. The van der Waals surface area contributed by atoms with E-state index < -0.39 is 18.0 Å². The summed E-state index contributed by atoms with van der Waals surface area (Å²) in [5.74, 6) is -0.846. The van der Waals surface area contributed by atoms with Gasteiger partial charge in [0, 0.05) is 35.1 Å². The van der Waals surface area contributed by atoms with Crippen molar-refractivity contribution in [3.05, 3.63) is 59.7 Å². The van der Waals surface area contributed by atoms with E-state index in [4.69, 9.17) is 9.15 Å². The van der Waals surface area contributed by atoms with Gasteiger partial charge in [0.05, 0.1) is 18.7 Å². The maximum atomic E-state index is 12.9. The number of nitrogens with zero attached hydrogens (tertiary/aromatic N) is 1. The number of esters is 1. The molecule has 0 saturated carbocycles. The number of aryl methyl sites for hydroxylation is 1. The zero-order chi connectivity index (χ0) is 20.5. The van der Waals surface area contributed by atoms with Crippen LogP contribution in [0.1, 0.15) is 35.2 Å². The highest BCUT2D eigenvalue weighted by molar-refractivity contribution is 6.11. The summed E-state index contributed by atoms with van der Waals surface area (Å²) in [6.45, 7) is 3.97. The second-order valence-corrected chi connectivity index (χ2v) is 7.37. The summed E-state index contributed by atoms with van der Waals surface area (Å²) >= 11 is 0. The van der Waals surface area contributed by atoms with Gasteiger partial charge in [0.25, 0.3) is 0 Å². The van der Waals surface area contributed by atoms with E-state index >= 15 is 0 Å². The van der Waals surface area contributed by atoms with Crippen LogP contribution in [0.4, 0.5) is 0 Å². The van der Waals surface area contributed by atoms with Crippen molar-refractivity contribution in [1.82, 2.24) is 9.88 Å². The molecule has 4 rings (SSSR count). The standard InChI is InChI=1S/C22H22N2O5/c1-13-20(17-7-3-4-8-18(17)23-13)21(26)14(2)29-22(27)15-10-19(25)24(11-15)12-16-6-5-9-28-16/h3-9,14-15,23H,10-12H2,1-2H3/t14-,15+/m0/s1. The Morgan fingerprint density at radius 1 is 1.28 bits per heavy atom. The van der Waals surface area contributed by atoms with E-state index in [0.717, 1.165) is 16.6 Å². The van der Waals surface area contributed by atoms with Crippen molar-refractivity contribution >= 4 is 28.6 Å². The number of fused-ring (bicyclic) bond motifs is 1. The van der Waals surface area contributed by atoms with Crippen molar-refractivity contribution in [2.45, 2.75) is 32.9 Å². The molecule has 2 aromatic heterocycles. The zero-order valence-electron chi connectivity index (χ0n) is 16.3. The van der Waals surface area contributed by atoms with Crippen molar-refractivity contribution in [3.63, 3.8) is 0 Å². The summed E-state index contributed by atoms with van der Waals surface area (Å²) in [6.07, 6.45) is 0.684. The Labute approximate surface area is 167 Å². The van der Waals surface area contributed by atoms with Gasteiger partial charge in [-0.2, -0.15) is 0 Å². The number of carbonyl (C=O) groups excluding carboxylic acids is 3. The van der Waals surface area contributed by atoms with Crippen LogP contribution in [0.5, 0.6) is 0 Å². The number of aromatic nitrogens is 1. The normalized spacial score (nSPS) is 17.7. The Morgan fingerprint density at radius 2 is 2.07 bits per heavy atom. The molecule has 3 heterocycles. The lowest BCUT2D eigenvalue weighted by Crippen LogP contribution is -2.30. The van der Waals surface area contributed by atoms with E-state index in [-0.39, 0.29) is 24.7 Å². The molecule has 0 unspecified atom stereocenters. The Morgan fingerprint density at radius 3 is 2.83 bits per heavy atom.